The predicted molar refractivity (Wildman–Crippen MR) is 339 cm³/mol. The summed E-state index contributed by atoms with van der Waals surface area (Å²) in [4.78, 5) is 38.4. The lowest BCUT2D eigenvalue weighted by molar-refractivity contribution is -0.167. The molecule has 456 valence electrons. The smallest absolute Gasteiger partial charge is 0.306 e. The molecule has 0 heterocycles. The van der Waals surface area contributed by atoms with Gasteiger partial charge >= 0.3 is 17.9 Å². The van der Waals surface area contributed by atoms with Crippen LogP contribution in [0.4, 0.5) is 0 Å². The number of ether oxygens (including phenoxy) is 3. The van der Waals surface area contributed by atoms with Gasteiger partial charge in [0.25, 0.3) is 0 Å². The second-order valence-corrected chi connectivity index (χ2v) is 23.4. The molecule has 0 aromatic carbocycles. The number of hydrogen-bond acceptors (Lipinski definition) is 6. The minimum atomic E-state index is -0.769. The third-order valence-corrected chi connectivity index (χ3v) is 15.6. The molecule has 1 atom stereocenters. The highest BCUT2D eigenvalue weighted by atomic mass is 16.6. The van der Waals surface area contributed by atoms with Crippen LogP contribution in [0.2, 0.25) is 0 Å². The largest absolute Gasteiger partial charge is 0.462 e. The van der Waals surface area contributed by atoms with Crippen LogP contribution < -0.4 is 0 Å². The van der Waals surface area contributed by atoms with Crippen LogP contribution in [-0.4, -0.2) is 37.2 Å². The fraction of sp³-hybridized carbons (Fsp3) is 0.847. The molecule has 0 N–H and O–H groups in total. The minimum Gasteiger partial charge on any atom is -0.462 e. The fourth-order valence-electron chi connectivity index (χ4n) is 10.4. The molecule has 0 aliphatic rings. The van der Waals surface area contributed by atoms with E-state index in [4.69, 9.17) is 14.2 Å². The van der Waals surface area contributed by atoms with Gasteiger partial charge in [-0.2, -0.15) is 0 Å². The molecule has 6 heteroatoms. The number of esters is 3. The molecule has 0 aromatic heterocycles. The molecule has 0 radical (unpaired) electrons. The molecule has 0 fully saturated rings. The molecule has 0 spiro atoms. The summed E-state index contributed by atoms with van der Waals surface area (Å²) in [5.74, 6) is -0.838. The molecule has 6 nitrogen and oxygen atoms in total. The maximum atomic E-state index is 12.9. The van der Waals surface area contributed by atoms with Crippen molar-refractivity contribution in [2.75, 3.05) is 13.2 Å². The van der Waals surface area contributed by atoms with E-state index in [-0.39, 0.29) is 31.1 Å². The van der Waals surface area contributed by atoms with E-state index in [1.54, 1.807) is 0 Å². The van der Waals surface area contributed by atoms with Crippen LogP contribution in [0, 0.1) is 0 Å². The summed E-state index contributed by atoms with van der Waals surface area (Å²) in [6.07, 6.45) is 84.2. The molecular formula is C72H132O6. The number of carbonyl (C=O) groups excluding carboxylic acids is 3. The van der Waals surface area contributed by atoms with Crippen molar-refractivity contribution in [3.63, 3.8) is 0 Å². The third kappa shape index (κ3) is 64.2. The molecule has 0 bridgehead atoms. The summed E-state index contributed by atoms with van der Waals surface area (Å²) < 4.78 is 17.0. The Bertz CT molecular complexity index is 1350. The molecule has 0 rings (SSSR count). The van der Waals surface area contributed by atoms with Gasteiger partial charge in [0.15, 0.2) is 6.10 Å². The molecule has 0 aliphatic heterocycles. The molecule has 0 saturated heterocycles. The van der Waals surface area contributed by atoms with Crippen LogP contribution in [0.15, 0.2) is 48.6 Å². The number of hydrogen-bond donors (Lipinski definition) is 0. The van der Waals surface area contributed by atoms with Gasteiger partial charge in [-0.15, -0.1) is 0 Å². The van der Waals surface area contributed by atoms with Crippen molar-refractivity contribution in [3.05, 3.63) is 48.6 Å². The van der Waals surface area contributed by atoms with E-state index >= 15 is 0 Å². The van der Waals surface area contributed by atoms with Gasteiger partial charge in [0.2, 0.25) is 0 Å². The summed E-state index contributed by atoms with van der Waals surface area (Å²) in [6, 6.07) is 0. The lowest BCUT2D eigenvalue weighted by atomic mass is 10.0. The third-order valence-electron chi connectivity index (χ3n) is 15.6. The van der Waals surface area contributed by atoms with Gasteiger partial charge < -0.3 is 14.2 Å². The quantitative estimate of drug-likeness (QED) is 0.0261. The Morgan fingerprint density at radius 3 is 0.782 bits per heavy atom. The minimum absolute atomic E-state index is 0.0662. The van der Waals surface area contributed by atoms with Gasteiger partial charge in [-0.25, -0.2) is 0 Å². The van der Waals surface area contributed by atoms with Crippen LogP contribution in [0.5, 0.6) is 0 Å². The van der Waals surface area contributed by atoms with Gasteiger partial charge in [0, 0.05) is 19.3 Å². The van der Waals surface area contributed by atoms with E-state index in [9.17, 15) is 14.4 Å². The molecular weight excluding hydrogens is 961 g/mol. The monoisotopic (exact) mass is 1090 g/mol. The van der Waals surface area contributed by atoms with Crippen molar-refractivity contribution in [1.82, 2.24) is 0 Å². The van der Waals surface area contributed by atoms with Gasteiger partial charge in [0.05, 0.1) is 0 Å². The molecule has 1 unspecified atom stereocenters. The van der Waals surface area contributed by atoms with E-state index in [0.717, 1.165) is 83.5 Å². The maximum absolute atomic E-state index is 12.9. The first-order valence-electron chi connectivity index (χ1n) is 34.6. The first-order chi connectivity index (χ1) is 38.5. The molecule has 0 aliphatic carbocycles. The zero-order valence-electron chi connectivity index (χ0n) is 52.5. The summed E-state index contributed by atoms with van der Waals surface area (Å²) in [7, 11) is 0. The highest BCUT2D eigenvalue weighted by molar-refractivity contribution is 5.71. The predicted octanol–water partition coefficient (Wildman–Crippen LogP) is 23.7. The first kappa shape index (κ1) is 75.4. The standard InChI is InChI=1S/C72H132O6/c1-4-7-10-13-16-19-22-25-27-29-31-33-34-35-36-37-38-39-41-42-44-47-50-53-56-59-62-65-71(74)77-68-69(67-76-70(73)64-61-58-55-52-49-46-24-21-18-15-12-9-6-3)78-72(75)66-63-60-57-54-51-48-45-43-40-32-30-28-26-23-20-17-14-11-8-5-2/h7,10,16,19,25,27,31,33,69H,4-6,8-9,11-15,17-18,20-24,26,28-30,32,34-68H2,1-3H3/b10-7-,19-16-,27-25-,33-31-. The summed E-state index contributed by atoms with van der Waals surface area (Å²) >= 11 is 0. The molecule has 78 heavy (non-hydrogen) atoms. The summed E-state index contributed by atoms with van der Waals surface area (Å²) in [5, 5.41) is 0. The maximum Gasteiger partial charge on any atom is 0.306 e. The normalized spacial score (nSPS) is 12.3. The zero-order valence-corrected chi connectivity index (χ0v) is 52.5. The second kappa shape index (κ2) is 66.9. The zero-order chi connectivity index (χ0) is 56.4. The van der Waals surface area contributed by atoms with Crippen molar-refractivity contribution >= 4 is 17.9 Å². The number of carbonyl (C=O) groups is 3. The van der Waals surface area contributed by atoms with E-state index in [2.05, 4.69) is 69.4 Å². The Morgan fingerprint density at radius 2 is 0.500 bits per heavy atom. The van der Waals surface area contributed by atoms with E-state index in [0.29, 0.717) is 19.3 Å². The van der Waals surface area contributed by atoms with E-state index in [1.165, 1.54) is 250 Å². The number of rotatable bonds is 64. The van der Waals surface area contributed by atoms with E-state index < -0.39 is 6.10 Å². The second-order valence-electron chi connectivity index (χ2n) is 23.4. The topological polar surface area (TPSA) is 78.9 Å². The highest BCUT2D eigenvalue weighted by Gasteiger charge is 2.19. The average Bonchev–Trinajstić information content (AvgIpc) is 3.44. The molecule has 0 saturated carbocycles. The first-order valence-corrected chi connectivity index (χ1v) is 34.6. The van der Waals surface area contributed by atoms with Crippen LogP contribution in [-0.2, 0) is 28.6 Å². The van der Waals surface area contributed by atoms with Crippen molar-refractivity contribution in [2.45, 2.75) is 380 Å². The van der Waals surface area contributed by atoms with Crippen LogP contribution in [0.1, 0.15) is 374 Å². The lowest BCUT2D eigenvalue weighted by Gasteiger charge is -2.18. The van der Waals surface area contributed by atoms with Gasteiger partial charge in [-0.1, -0.05) is 345 Å². The van der Waals surface area contributed by atoms with Crippen molar-refractivity contribution < 1.29 is 28.6 Å². The van der Waals surface area contributed by atoms with Gasteiger partial charge in [-0.3, -0.25) is 14.4 Å². The van der Waals surface area contributed by atoms with E-state index in [1.807, 2.05) is 0 Å². The van der Waals surface area contributed by atoms with Crippen LogP contribution in [0.25, 0.3) is 0 Å². The SMILES string of the molecule is CC/C=C\C/C=C\C/C=C\C/C=C\CCCCCCCCCCCCCCCCC(=O)OCC(COC(=O)CCCCCCCCCCCCCCC)OC(=O)CCCCCCCCCCCCCCCCCCCCCC. The summed E-state index contributed by atoms with van der Waals surface area (Å²) in [6.45, 7) is 6.60. The van der Waals surface area contributed by atoms with Crippen molar-refractivity contribution in [2.24, 2.45) is 0 Å². The van der Waals surface area contributed by atoms with Crippen LogP contribution >= 0.6 is 0 Å². The Kier molecular flexibility index (Phi) is 64.6. The van der Waals surface area contributed by atoms with Crippen molar-refractivity contribution in [1.29, 1.82) is 0 Å². The number of unbranched alkanes of at least 4 members (excludes halogenated alkanes) is 45. The van der Waals surface area contributed by atoms with Crippen molar-refractivity contribution in [3.8, 4) is 0 Å². The Balaban J connectivity index is 4.22. The lowest BCUT2D eigenvalue weighted by Crippen LogP contribution is -2.30. The average molecular weight is 1090 g/mol. The van der Waals surface area contributed by atoms with Crippen LogP contribution in [0.3, 0.4) is 0 Å². The molecule has 0 amide bonds. The fourth-order valence-corrected chi connectivity index (χ4v) is 10.4. The number of allylic oxidation sites excluding steroid dienone is 8. The van der Waals surface area contributed by atoms with Gasteiger partial charge in [-0.05, 0) is 57.8 Å². The molecule has 0 aromatic rings. The Morgan fingerprint density at radius 1 is 0.269 bits per heavy atom. The summed E-state index contributed by atoms with van der Waals surface area (Å²) in [5.41, 5.74) is 0. The van der Waals surface area contributed by atoms with Gasteiger partial charge in [0.1, 0.15) is 13.2 Å². The highest BCUT2D eigenvalue weighted by Crippen LogP contribution is 2.18. The Hall–Kier alpha value is -2.63. The Labute approximate surface area is 486 Å².